The first-order valence-electron chi connectivity index (χ1n) is 8.65. The van der Waals surface area contributed by atoms with Crippen molar-refractivity contribution in [3.05, 3.63) is 65.4 Å². The van der Waals surface area contributed by atoms with E-state index in [0.717, 1.165) is 34.9 Å². The first kappa shape index (κ1) is 17.7. The number of aromatic amines is 1. The van der Waals surface area contributed by atoms with Crippen LogP contribution in [0.25, 0.3) is 10.9 Å². The molecule has 0 saturated carbocycles. The summed E-state index contributed by atoms with van der Waals surface area (Å²) in [4.78, 5) is 3.56. The van der Waals surface area contributed by atoms with E-state index < -0.39 is 10.0 Å². The zero-order valence-corrected chi connectivity index (χ0v) is 15.5. The Morgan fingerprint density at radius 3 is 2.52 bits per heavy atom. The zero-order valence-electron chi connectivity index (χ0n) is 14.7. The molecule has 0 amide bonds. The van der Waals surface area contributed by atoms with Crippen molar-refractivity contribution >= 4 is 20.9 Å². The Balaban J connectivity index is 1.66. The van der Waals surface area contributed by atoms with Crippen LogP contribution in [0.15, 0.2) is 53.6 Å². The van der Waals surface area contributed by atoms with Crippen molar-refractivity contribution in [3.63, 3.8) is 0 Å². The van der Waals surface area contributed by atoms with Gasteiger partial charge in [-0.05, 0) is 55.2 Å². The third-order valence-corrected chi connectivity index (χ3v) is 5.86. The van der Waals surface area contributed by atoms with Crippen molar-refractivity contribution in [2.45, 2.75) is 38.0 Å². The molecule has 3 rings (SSSR count). The van der Waals surface area contributed by atoms with E-state index in [9.17, 15) is 8.42 Å². The SMILES string of the molecule is CCCc1ccc(S(=O)(=O)NCCc2c[nH]c3ccc(C)cc23)cc1. The minimum absolute atomic E-state index is 0.321. The lowest BCUT2D eigenvalue weighted by Gasteiger charge is -2.07. The highest BCUT2D eigenvalue weighted by molar-refractivity contribution is 7.89. The molecule has 0 saturated heterocycles. The molecule has 2 N–H and O–H groups in total. The van der Waals surface area contributed by atoms with Crippen LogP contribution in [0.2, 0.25) is 0 Å². The van der Waals surface area contributed by atoms with Crippen LogP contribution in [0.5, 0.6) is 0 Å². The van der Waals surface area contributed by atoms with Crippen molar-refractivity contribution in [3.8, 4) is 0 Å². The fourth-order valence-corrected chi connectivity index (χ4v) is 4.06. The van der Waals surface area contributed by atoms with Gasteiger partial charge in [0.15, 0.2) is 0 Å². The summed E-state index contributed by atoms with van der Waals surface area (Å²) in [5.74, 6) is 0. The quantitative estimate of drug-likeness (QED) is 0.673. The molecule has 0 fully saturated rings. The molecule has 0 spiro atoms. The highest BCUT2D eigenvalue weighted by Crippen LogP contribution is 2.20. The minimum Gasteiger partial charge on any atom is -0.361 e. The summed E-state index contributed by atoms with van der Waals surface area (Å²) < 4.78 is 27.6. The second-order valence-corrected chi connectivity index (χ2v) is 8.17. The summed E-state index contributed by atoms with van der Waals surface area (Å²) in [6.45, 7) is 4.54. The predicted octanol–water partition coefficient (Wildman–Crippen LogP) is 3.95. The van der Waals surface area contributed by atoms with Crippen LogP contribution in [-0.2, 0) is 22.9 Å². The standard InChI is InChI=1S/C20H24N2O2S/c1-3-4-16-6-8-18(9-7-16)25(23,24)22-12-11-17-14-21-20-10-5-15(2)13-19(17)20/h5-10,13-14,21-22H,3-4,11-12H2,1-2H3. The zero-order chi connectivity index (χ0) is 17.9. The molecule has 5 heteroatoms. The smallest absolute Gasteiger partial charge is 0.240 e. The molecule has 4 nitrogen and oxygen atoms in total. The Labute approximate surface area is 149 Å². The summed E-state index contributed by atoms with van der Waals surface area (Å²) >= 11 is 0. The maximum atomic E-state index is 12.4. The molecule has 2 aromatic carbocycles. The van der Waals surface area contributed by atoms with Gasteiger partial charge in [0.1, 0.15) is 0 Å². The Hall–Kier alpha value is -2.11. The second-order valence-electron chi connectivity index (χ2n) is 6.40. The van der Waals surface area contributed by atoms with Gasteiger partial charge < -0.3 is 4.98 Å². The molecule has 25 heavy (non-hydrogen) atoms. The van der Waals surface area contributed by atoms with Crippen molar-refractivity contribution in [1.82, 2.24) is 9.71 Å². The molecule has 0 aliphatic heterocycles. The van der Waals surface area contributed by atoms with E-state index in [2.05, 4.69) is 41.8 Å². The molecule has 0 atom stereocenters. The maximum absolute atomic E-state index is 12.4. The molecular weight excluding hydrogens is 332 g/mol. The third kappa shape index (κ3) is 4.11. The molecule has 1 aromatic heterocycles. The molecule has 132 valence electrons. The van der Waals surface area contributed by atoms with Gasteiger partial charge in [-0.15, -0.1) is 0 Å². The largest absolute Gasteiger partial charge is 0.361 e. The van der Waals surface area contributed by atoms with Gasteiger partial charge in [0.05, 0.1) is 4.90 Å². The van der Waals surface area contributed by atoms with Crippen LogP contribution in [0, 0.1) is 6.92 Å². The molecule has 0 unspecified atom stereocenters. The number of nitrogens with one attached hydrogen (secondary N) is 2. The van der Waals surface area contributed by atoms with Crippen LogP contribution in [-0.4, -0.2) is 19.9 Å². The van der Waals surface area contributed by atoms with Gasteiger partial charge in [-0.25, -0.2) is 13.1 Å². The number of H-pyrrole nitrogens is 1. The van der Waals surface area contributed by atoms with Crippen molar-refractivity contribution in [2.24, 2.45) is 0 Å². The average Bonchev–Trinajstić information content (AvgIpc) is 2.98. The summed E-state index contributed by atoms with van der Waals surface area (Å²) in [5, 5.41) is 1.16. The molecule has 0 radical (unpaired) electrons. The molecular formula is C20H24N2O2S. The van der Waals surface area contributed by atoms with Gasteiger partial charge in [-0.1, -0.05) is 37.1 Å². The second kappa shape index (κ2) is 7.42. The first-order valence-corrected chi connectivity index (χ1v) is 10.1. The van der Waals surface area contributed by atoms with Gasteiger partial charge in [-0.2, -0.15) is 0 Å². The maximum Gasteiger partial charge on any atom is 0.240 e. The van der Waals surface area contributed by atoms with Crippen molar-refractivity contribution in [1.29, 1.82) is 0 Å². The van der Waals surface area contributed by atoms with Crippen LogP contribution in [0.1, 0.15) is 30.0 Å². The highest BCUT2D eigenvalue weighted by atomic mass is 32.2. The predicted molar refractivity (Wildman–Crippen MR) is 102 cm³/mol. The fraction of sp³-hybridized carbons (Fsp3) is 0.300. The number of sulfonamides is 1. The Morgan fingerprint density at radius 1 is 1.04 bits per heavy atom. The summed E-state index contributed by atoms with van der Waals surface area (Å²) in [6, 6.07) is 13.4. The summed E-state index contributed by atoms with van der Waals surface area (Å²) in [7, 11) is -3.47. The van der Waals surface area contributed by atoms with Crippen LogP contribution in [0.3, 0.4) is 0 Å². The Morgan fingerprint density at radius 2 is 1.80 bits per heavy atom. The van der Waals surface area contributed by atoms with Crippen molar-refractivity contribution in [2.75, 3.05) is 6.54 Å². The first-order chi connectivity index (χ1) is 12.0. The number of rotatable bonds is 7. The lowest BCUT2D eigenvalue weighted by Crippen LogP contribution is -2.25. The van der Waals surface area contributed by atoms with E-state index >= 15 is 0 Å². The third-order valence-electron chi connectivity index (χ3n) is 4.38. The van der Waals surface area contributed by atoms with Gasteiger partial charge in [0, 0.05) is 23.6 Å². The van der Waals surface area contributed by atoms with E-state index in [1.54, 1.807) is 12.1 Å². The number of aryl methyl sites for hydroxylation is 2. The van der Waals surface area contributed by atoms with E-state index in [4.69, 9.17) is 0 Å². The van der Waals surface area contributed by atoms with E-state index in [1.165, 1.54) is 5.56 Å². The summed E-state index contributed by atoms with van der Waals surface area (Å²) in [5.41, 5.74) is 4.56. The molecule has 0 bridgehead atoms. The number of aromatic nitrogens is 1. The number of benzene rings is 2. The number of hydrogen-bond donors (Lipinski definition) is 2. The van der Waals surface area contributed by atoms with E-state index in [1.807, 2.05) is 18.3 Å². The Bertz CT molecular complexity index is 957. The average molecular weight is 356 g/mol. The van der Waals surface area contributed by atoms with Gasteiger partial charge in [0.2, 0.25) is 10.0 Å². The lowest BCUT2D eigenvalue weighted by atomic mass is 10.1. The van der Waals surface area contributed by atoms with Crippen LogP contribution >= 0.6 is 0 Å². The highest BCUT2D eigenvalue weighted by Gasteiger charge is 2.13. The number of hydrogen-bond acceptors (Lipinski definition) is 2. The summed E-state index contributed by atoms with van der Waals surface area (Å²) in [6.07, 6.45) is 4.62. The van der Waals surface area contributed by atoms with Gasteiger partial charge in [0.25, 0.3) is 0 Å². The molecule has 3 aromatic rings. The van der Waals surface area contributed by atoms with Gasteiger partial charge in [-0.3, -0.25) is 0 Å². The van der Waals surface area contributed by atoms with Crippen molar-refractivity contribution < 1.29 is 8.42 Å². The fourth-order valence-electron chi connectivity index (χ4n) is 3.03. The van der Waals surface area contributed by atoms with Crippen LogP contribution in [0.4, 0.5) is 0 Å². The molecule has 0 aliphatic carbocycles. The Kier molecular flexibility index (Phi) is 5.25. The van der Waals surface area contributed by atoms with Crippen LogP contribution < -0.4 is 4.72 Å². The molecule has 1 heterocycles. The van der Waals surface area contributed by atoms with Gasteiger partial charge >= 0.3 is 0 Å². The van der Waals surface area contributed by atoms with E-state index in [0.29, 0.717) is 17.9 Å². The topological polar surface area (TPSA) is 62.0 Å². The minimum atomic E-state index is -3.47. The monoisotopic (exact) mass is 356 g/mol. The molecule has 0 aliphatic rings. The normalized spacial score (nSPS) is 11.9. The lowest BCUT2D eigenvalue weighted by molar-refractivity contribution is 0.581. The van der Waals surface area contributed by atoms with E-state index in [-0.39, 0.29) is 0 Å². The number of fused-ring (bicyclic) bond motifs is 1.